The minimum atomic E-state index is -0.495. The SMILES string of the molecule is CNc1cc(Nc2cccc([C@H]3CCCCO3)n2)nc2c(C(=O)N[C@H]3CC[C@H]3O)cnn12. The van der Waals surface area contributed by atoms with Crippen molar-refractivity contribution in [3.05, 3.63) is 41.7 Å². The maximum atomic E-state index is 12.8. The number of rotatable bonds is 6. The van der Waals surface area contributed by atoms with Gasteiger partial charge in [0, 0.05) is 19.7 Å². The molecular formula is C22H27N7O3. The molecule has 1 saturated carbocycles. The Balaban J connectivity index is 1.42. The van der Waals surface area contributed by atoms with E-state index in [0.29, 0.717) is 35.1 Å². The molecule has 1 saturated heterocycles. The van der Waals surface area contributed by atoms with Crippen molar-refractivity contribution in [2.45, 2.75) is 50.4 Å². The molecule has 0 unspecified atom stereocenters. The maximum absolute atomic E-state index is 12.8. The number of hydrogen-bond acceptors (Lipinski definition) is 8. The number of fused-ring (bicyclic) bond motifs is 1. The van der Waals surface area contributed by atoms with Gasteiger partial charge >= 0.3 is 0 Å². The van der Waals surface area contributed by atoms with E-state index in [0.717, 1.165) is 38.0 Å². The standard InChI is InChI=1S/C22H27N7O3/c1-23-20-11-19(27-18-7-4-5-15(25-18)17-6-2-3-10-32-17)28-21-13(12-24-29(20)21)22(31)26-14-8-9-16(14)30/h4-5,7,11-12,14,16-17,23,30H,2-3,6,8-10H2,1H3,(H,26,31)(H,25,27,28)/t14-,16+,17+/m0/s1. The van der Waals surface area contributed by atoms with Gasteiger partial charge in [-0.25, -0.2) is 9.97 Å². The molecule has 3 aromatic heterocycles. The molecule has 3 atom stereocenters. The number of nitrogens with zero attached hydrogens (tertiary/aromatic N) is 4. The molecular weight excluding hydrogens is 410 g/mol. The van der Waals surface area contributed by atoms with Crippen LogP contribution in [0.2, 0.25) is 0 Å². The highest BCUT2D eigenvalue weighted by molar-refractivity contribution is 6.00. The Morgan fingerprint density at radius 2 is 2.09 bits per heavy atom. The Kier molecular flexibility index (Phi) is 5.62. The first-order valence-electron chi connectivity index (χ1n) is 11.0. The van der Waals surface area contributed by atoms with E-state index >= 15 is 0 Å². The topological polar surface area (TPSA) is 126 Å². The van der Waals surface area contributed by atoms with Crippen LogP contribution < -0.4 is 16.0 Å². The van der Waals surface area contributed by atoms with Gasteiger partial charge in [-0.05, 0) is 44.2 Å². The summed E-state index contributed by atoms with van der Waals surface area (Å²) in [6.07, 6.45) is 5.67. The third-order valence-corrected chi connectivity index (χ3v) is 6.06. The van der Waals surface area contributed by atoms with Gasteiger partial charge in [0.25, 0.3) is 5.91 Å². The largest absolute Gasteiger partial charge is 0.391 e. The van der Waals surface area contributed by atoms with Crippen LogP contribution in [0.5, 0.6) is 0 Å². The number of aromatic nitrogens is 4. The molecule has 0 bridgehead atoms. The Morgan fingerprint density at radius 3 is 2.81 bits per heavy atom. The van der Waals surface area contributed by atoms with E-state index in [1.165, 1.54) is 6.20 Å². The predicted octanol–water partition coefficient (Wildman–Crippen LogP) is 2.40. The lowest BCUT2D eigenvalue weighted by atomic mass is 9.89. The first kappa shape index (κ1) is 20.7. The molecule has 10 heteroatoms. The van der Waals surface area contributed by atoms with Gasteiger partial charge in [-0.1, -0.05) is 6.07 Å². The Morgan fingerprint density at radius 1 is 1.19 bits per heavy atom. The van der Waals surface area contributed by atoms with E-state index in [1.54, 1.807) is 11.6 Å². The summed E-state index contributed by atoms with van der Waals surface area (Å²) in [5.74, 6) is 1.56. The molecule has 3 aromatic rings. The van der Waals surface area contributed by atoms with Crippen LogP contribution in [0.25, 0.3) is 5.65 Å². The number of ether oxygens (including phenoxy) is 1. The molecule has 32 heavy (non-hydrogen) atoms. The fraction of sp³-hybridized carbons (Fsp3) is 0.455. The molecule has 5 rings (SSSR count). The lowest BCUT2D eigenvalue weighted by molar-refractivity contribution is 0.0124. The monoisotopic (exact) mass is 437 g/mol. The van der Waals surface area contributed by atoms with Gasteiger partial charge in [-0.2, -0.15) is 9.61 Å². The summed E-state index contributed by atoms with van der Waals surface area (Å²) < 4.78 is 7.44. The number of hydrogen-bond donors (Lipinski definition) is 4. The molecule has 0 aromatic carbocycles. The molecule has 0 radical (unpaired) electrons. The van der Waals surface area contributed by atoms with E-state index in [-0.39, 0.29) is 18.1 Å². The van der Waals surface area contributed by atoms with E-state index in [4.69, 9.17) is 9.72 Å². The number of carbonyl (C=O) groups excluding carboxylic acids is 1. The third-order valence-electron chi connectivity index (χ3n) is 6.06. The van der Waals surface area contributed by atoms with Crippen LogP contribution in [0, 0.1) is 0 Å². The smallest absolute Gasteiger partial charge is 0.257 e. The fourth-order valence-corrected chi connectivity index (χ4v) is 4.07. The Bertz CT molecular complexity index is 1130. The second kappa shape index (κ2) is 8.71. The molecule has 2 fully saturated rings. The molecule has 1 aliphatic carbocycles. The molecule has 1 amide bonds. The summed E-state index contributed by atoms with van der Waals surface area (Å²) in [5, 5.41) is 23.3. The van der Waals surface area contributed by atoms with Gasteiger partial charge in [-0.15, -0.1) is 0 Å². The van der Waals surface area contributed by atoms with Crippen molar-refractivity contribution in [3.8, 4) is 0 Å². The molecule has 168 valence electrons. The minimum Gasteiger partial charge on any atom is -0.391 e. The van der Waals surface area contributed by atoms with Gasteiger partial charge in [-0.3, -0.25) is 4.79 Å². The average Bonchev–Trinajstić information content (AvgIpc) is 3.26. The van der Waals surface area contributed by atoms with Crippen LogP contribution in [0.4, 0.5) is 17.5 Å². The summed E-state index contributed by atoms with van der Waals surface area (Å²) in [6.45, 7) is 0.762. The quantitative estimate of drug-likeness (QED) is 0.463. The van der Waals surface area contributed by atoms with Gasteiger partial charge < -0.3 is 25.8 Å². The summed E-state index contributed by atoms with van der Waals surface area (Å²) >= 11 is 0. The van der Waals surface area contributed by atoms with Crippen LogP contribution in [0.1, 0.15) is 54.3 Å². The lowest BCUT2D eigenvalue weighted by Crippen LogP contribution is -2.50. The van der Waals surface area contributed by atoms with Crippen molar-refractivity contribution in [3.63, 3.8) is 0 Å². The zero-order valence-corrected chi connectivity index (χ0v) is 17.9. The number of aliphatic hydroxyl groups excluding tert-OH is 1. The van der Waals surface area contributed by atoms with Gasteiger partial charge in [0.1, 0.15) is 23.0 Å². The normalized spacial score (nSPS) is 22.9. The number of pyridine rings is 1. The molecule has 0 spiro atoms. The highest BCUT2D eigenvalue weighted by Gasteiger charge is 2.31. The van der Waals surface area contributed by atoms with E-state index < -0.39 is 6.10 Å². The van der Waals surface area contributed by atoms with Gasteiger partial charge in [0.05, 0.1) is 30.1 Å². The number of amides is 1. The van der Waals surface area contributed by atoms with Crippen molar-refractivity contribution >= 4 is 29.0 Å². The van der Waals surface area contributed by atoms with Crippen molar-refractivity contribution in [1.29, 1.82) is 0 Å². The third kappa shape index (κ3) is 3.98. The molecule has 4 heterocycles. The first-order chi connectivity index (χ1) is 15.6. The minimum absolute atomic E-state index is 0.0146. The van der Waals surface area contributed by atoms with Crippen molar-refractivity contribution in [2.75, 3.05) is 24.3 Å². The zero-order chi connectivity index (χ0) is 22.1. The van der Waals surface area contributed by atoms with Crippen LogP contribution in [0.3, 0.4) is 0 Å². The summed E-state index contributed by atoms with van der Waals surface area (Å²) in [4.78, 5) is 22.1. The highest BCUT2D eigenvalue weighted by Crippen LogP contribution is 2.28. The first-order valence-corrected chi connectivity index (χ1v) is 11.0. The zero-order valence-electron chi connectivity index (χ0n) is 17.9. The number of anilines is 3. The molecule has 4 N–H and O–H groups in total. The Hall–Kier alpha value is -3.24. The van der Waals surface area contributed by atoms with Crippen molar-refractivity contribution in [1.82, 2.24) is 24.9 Å². The Labute approximate surface area is 185 Å². The summed E-state index contributed by atoms with van der Waals surface area (Å²) in [5.41, 5.74) is 1.66. The van der Waals surface area contributed by atoms with Gasteiger partial charge in [0.15, 0.2) is 5.65 Å². The van der Waals surface area contributed by atoms with E-state index in [2.05, 4.69) is 26.0 Å². The second-order valence-corrected chi connectivity index (χ2v) is 8.22. The number of aliphatic hydroxyl groups is 1. The predicted molar refractivity (Wildman–Crippen MR) is 119 cm³/mol. The summed E-state index contributed by atoms with van der Waals surface area (Å²) in [6, 6.07) is 7.38. The van der Waals surface area contributed by atoms with Crippen molar-refractivity contribution < 1.29 is 14.6 Å². The number of nitrogens with one attached hydrogen (secondary N) is 3. The summed E-state index contributed by atoms with van der Waals surface area (Å²) in [7, 11) is 1.78. The maximum Gasteiger partial charge on any atom is 0.257 e. The second-order valence-electron chi connectivity index (χ2n) is 8.22. The van der Waals surface area contributed by atoms with Crippen molar-refractivity contribution in [2.24, 2.45) is 0 Å². The van der Waals surface area contributed by atoms with Crippen LogP contribution in [-0.2, 0) is 4.74 Å². The van der Waals surface area contributed by atoms with Crippen LogP contribution in [0.15, 0.2) is 30.5 Å². The number of carbonyl (C=O) groups is 1. The van der Waals surface area contributed by atoms with Gasteiger partial charge in [0.2, 0.25) is 0 Å². The highest BCUT2D eigenvalue weighted by atomic mass is 16.5. The molecule has 2 aliphatic rings. The van der Waals surface area contributed by atoms with E-state index in [9.17, 15) is 9.90 Å². The lowest BCUT2D eigenvalue weighted by Gasteiger charge is -2.32. The van der Waals surface area contributed by atoms with Crippen LogP contribution in [-0.4, -0.2) is 56.4 Å². The average molecular weight is 438 g/mol. The van der Waals surface area contributed by atoms with E-state index in [1.807, 2.05) is 24.3 Å². The molecule has 10 nitrogen and oxygen atoms in total. The van der Waals surface area contributed by atoms with Crippen LogP contribution >= 0.6 is 0 Å². The molecule has 1 aliphatic heterocycles. The fourth-order valence-electron chi connectivity index (χ4n) is 4.07.